The van der Waals surface area contributed by atoms with Gasteiger partial charge >= 0.3 is 5.97 Å². The molecule has 0 unspecified atom stereocenters. The van der Waals surface area contributed by atoms with Gasteiger partial charge in [0.05, 0.1) is 17.2 Å². The van der Waals surface area contributed by atoms with E-state index in [0.29, 0.717) is 37.9 Å². The third-order valence-corrected chi connectivity index (χ3v) is 4.75. The predicted molar refractivity (Wildman–Crippen MR) is 87.5 cm³/mol. The molecule has 1 N–H and O–H groups in total. The molecule has 0 spiro atoms. The van der Waals surface area contributed by atoms with Crippen molar-refractivity contribution in [2.45, 2.75) is 39.5 Å². The van der Waals surface area contributed by atoms with Gasteiger partial charge in [0.2, 0.25) is 5.91 Å². The second-order valence-corrected chi connectivity index (χ2v) is 7.11. The molecule has 1 amide bonds. The fourth-order valence-electron chi connectivity index (χ4n) is 2.86. The van der Waals surface area contributed by atoms with Gasteiger partial charge in [-0.2, -0.15) is 5.10 Å². The van der Waals surface area contributed by atoms with Gasteiger partial charge in [0, 0.05) is 38.7 Å². The number of Topliss-reactive ketones (excluding diaryl/α,β-unsaturated/α-hetero) is 1. The third kappa shape index (κ3) is 4.21. The number of carboxylic acid groups (broad SMARTS) is 1. The molecule has 1 aromatic rings. The molecular formula is C17H25N3O4. The number of hydrogen-bond donors (Lipinski definition) is 1. The lowest BCUT2D eigenvalue weighted by Crippen LogP contribution is -2.40. The first-order chi connectivity index (χ1) is 11.2. The first-order valence-electron chi connectivity index (χ1n) is 8.25. The molecule has 1 aliphatic heterocycles. The van der Waals surface area contributed by atoms with Gasteiger partial charge in [-0.05, 0) is 33.1 Å². The average molecular weight is 335 g/mol. The number of rotatable bonds is 6. The summed E-state index contributed by atoms with van der Waals surface area (Å²) in [6.07, 6.45) is 5.11. The lowest BCUT2D eigenvalue weighted by atomic mass is 9.87. The Hall–Kier alpha value is -2.18. The minimum absolute atomic E-state index is 0.0309. The van der Waals surface area contributed by atoms with Crippen molar-refractivity contribution in [1.29, 1.82) is 0 Å². The van der Waals surface area contributed by atoms with Crippen LogP contribution in [0.2, 0.25) is 0 Å². The number of nitrogens with zero attached hydrogens (tertiary/aromatic N) is 3. The first-order valence-corrected chi connectivity index (χ1v) is 8.25. The lowest BCUT2D eigenvalue weighted by Gasteiger charge is -2.32. The van der Waals surface area contributed by atoms with Crippen molar-refractivity contribution < 1.29 is 19.5 Å². The minimum Gasteiger partial charge on any atom is -0.481 e. The summed E-state index contributed by atoms with van der Waals surface area (Å²) in [5.74, 6) is -0.913. The second-order valence-electron chi connectivity index (χ2n) is 7.11. The summed E-state index contributed by atoms with van der Waals surface area (Å²) in [5.41, 5.74) is -0.282. The van der Waals surface area contributed by atoms with Crippen LogP contribution in [0.15, 0.2) is 12.4 Å². The highest BCUT2D eigenvalue weighted by Gasteiger charge is 2.31. The highest BCUT2D eigenvalue weighted by Crippen LogP contribution is 2.25. The number of piperidine rings is 1. The monoisotopic (exact) mass is 335 g/mol. The first kappa shape index (κ1) is 18.2. The van der Waals surface area contributed by atoms with Gasteiger partial charge in [-0.25, -0.2) is 0 Å². The molecule has 1 aliphatic rings. The zero-order valence-corrected chi connectivity index (χ0v) is 14.5. The van der Waals surface area contributed by atoms with Gasteiger partial charge < -0.3 is 10.0 Å². The maximum Gasteiger partial charge on any atom is 0.309 e. The van der Waals surface area contributed by atoms with Crippen molar-refractivity contribution in [3.8, 4) is 0 Å². The summed E-state index contributed by atoms with van der Waals surface area (Å²) >= 11 is 0. The Balaban J connectivity index is 1.83. The fourth-order valence-corrected chi connectivity index (χ4v) is 2.86. The Bertz CT molecular complexity index is 628. The van der Waals surface area contributed by atoms with E-state index in [4.69, 9.17) is 5.11 Å². The molecule has 0 bridgehead atoms. The number of carbonyl (C=O) groups excluding carboxylic acids is 2. The number of aromatic nitrogens is 2. The molecule has 1 aromatic heterocycles. The maximum absolute atomic E-state index is 12.4. The molecule has 0 saturated carbocycles. The van der Waals surface area contributed by atoms with E-state index in [2.05, 4.69) is 5.10 Å². The SMILES string of the molecule is Cn1cc(C(=O)C2CCN(C(=O)CCC(C)(C)C(=O)O)CC2)cn1. The van der Waals surface area contributed by atoms with Crippen molar-refractivity contribution in [2.24, 2.45) is 18.4 Å². The van der Waals surface area contributed by atoms with E-state index in [1.165, 1.54) is 0 Å². The van der Waals surface area contributed by atoms with Crippen LogP contribution in [0.5, 0.6) is 0 Å². The summed E-state index contributed by atoms with van der Waals surface area (Å²) < 4.78 is 1.61. The van der Waals surface area contributed by atoms with Crippen LogP contribution in [0.3, 0.4) is 0 Å². The number of likely N-dealkylation sites (tertiary alicyclic amines) is 1. The molecule has 7 nitrogen and oxygen atoms in total. The van der Waals surface area contributed by atoms with Gasteiger partial charge in [0.1, 0.15) is 0 Å². The number of amides is 1. The number of ketones is 1. The summed E-state index contributed by atoms with van der Waals surface area (Å²) in [7, 11) is 1.77. The maximum atomic E-state index is 12.4. The van der Waals surface area contributed by atoms with Crippen molar-refractivity contribution in [2.75, 3.05) is 13.1 Å². The standard InChI is InChI=1S/C17H25N3O4/c1-17(2,16(23)24)7-4-14(21)20-8-5-12(6-9-20)15(22)13-10-18-19(3)11-13/h10-12H,4-9H2,1-3H3,(H,23,24). The van der Waals surface area contributed by atoms with Gasteiger partial charge in [0.15, 0.2) is 5.78 Å². The van der Waals surface area contributed by atoms with Gasteiger partial charge in [-0.1, -0.05) is 0 Å². The lowest BCUT2D eigenvalue weighted by molar-refractivity contribution is -0.147. The van der Waals surface area contributed by atoms with Gasteiger partial charge in [0.25, 0.3) is 0 Å². The van der Waals surface area contributed by atoms with E-state index in [1.54, 1.807) is 42.9 Å². The zero-order chi connectivity index (χ0) is 17.9. The van der Waals surface area contributed by atoms with Crippen LogP contribution in [-0.4, -0.2) is 50.5 Å². The molecule has 0 radical (unpaired) electrons. The molecular weight excluding hydrogens is 310 g/mol. The smallest absolute Gasteiger partial charge is 0.309 e. The van der Waals surface area contributed by atoms with Gasteiger partial charge in [-0.15, -0.1) is 0 Å². The van der Waals surface area contributed by atoms with Crippen LogP contribution < -0.4 is 0 Å². The summed E-state index contributed by atoms with van der Waals surface area (Å²) in [6.45, 7) is 4.34. The van der Waals surface area contributed by atoms with E-state index >= 15 is 0 Å². The van der Waals surface area contributed by atoms with E-state index in [-0.39, 0.29) is 24.0 Å². The fraction of sp³-hybridized carbons (Fsp3) is 0.647. The normalized spacial score (nSPS) is 16.2. The van der Waals surface area contributed by atoms with Crippen LogP contribution in [0.25, 0.3) is 0 Å². The van der Waals surface area contributed by atoms with Gasteiger partial charge in [-0.3, -0.25) is 19.1 Å². The molecule has 2 rings (SSSR count). The van der Waals surface area contributed by atoms with Crippen LogP contribution in [0.1, 0.15) is 49.9 Å². The summed E-state index contributed by atoms with van der Waals surface area (Å²) in [6, 6.07) is 0. The number of aliphatic carboxylic acids is 1. The van der Waals surface area contributed by atoms with Crippen LogP contribution in [-0.2, 0) is 16.6 Å². The number of carbonyl (C=O) groups is 3. The van der Waals surface area contributed by atoms with E-state index in [9.17, 15) is 14.4 Å². The third-order valence-electron chi connectivity index (χ3n) is 4.75. The number of aryl methyl sites for hydroxylation is 1. The Morgan fingerprint density at radius 1 is 1.29 bits per heavy atom. The van der Waals surface area contributed by atoms with Crippen molar-refractivity contribution in [1.82, 2.24) is 14.7 Å². The molecule has 0 atom stereocenters. The Morgan fingerprint density at radius 2 is 1.92 bits per heavy atom. The molecule has 0 aromatic carbocycles. The molecule has 1 fully saturated rings. The van der Waals surface area contributed by atoms with E-state index < -0.39 is 11.4 Å². The highest BCUT2D eigenvalue weighted by molar-refractivity contribution is 5.97. The number of carboxylic acids is 1. The van der Waals surface area contributed by atoms with Crippen LogP contribution >= 0.6 is 0 Å². The quantitative estimate of drug-likeness (QED) is 0.799. The Labute approximate surface area is 141 Å². The second kappa shape index (κ2) is 7.15. The highest BCUT2D eigenvalue weighted by atomic mass is 16.4. The molecule has 2 heterocycles. The van der Waals surface area contributed by atoms with Crippen molar-refractivity contribution >= 4 is 17.7 Å². The van der Waals surface area contributed by atoms with Crippen LogP contribution in [0.4, 0.5) is 0 Å². The predicted octanol–water partition coefficient (Wildman–Crippen LogP) is 1.73. The van der Waals surface area contributed by atoms with E-state index in [1.807, 2.05) is 0 Å². The largest absolute Gasteiger partial charge is 0.481 e. The minimum atomic E-state index is -0.899. The number of hydrogen-bond acceptors (Lipinski definition) is 4. The summed E-state index contributed by atoms with van der Waals surface area (Å²) in [5, 5.41) is 13.1. The molecule has 132 valence electrons. The average Bonchev–Trinajstić information content (AvgIpc) is 2.98. The molecule has 0 aliphatic carbocycles. The Kier molecular flexibility index (Phi) is 5.41. The summed E-state index contributed by atoms with van der Waals surface area (Å²) in [4.78, 5) is 37.5. The molecule has 1 saturated heterocycles. The van der Waals surface area contributed by atoms with Crippen molar-refractivity contribution in [3.05, 3.63) is 18.0 Å². The topological polar surface area (TPSA) is 92.5 Å². The molecule has 7 heteroatoms. The Morgan fingerprint density at radius 3 is 2.42 bits per heavy atom. The molecule has 24 heavy (non-hydrogen) atoms. The van der Waals surface area contributed by atoms with Crippen molar-refractivity contribution in [3.63, 3.8) is 0 Å². The van der Waals surface area contributed by atoms with Crippen LogP contribution in [0, 0.1) is 11.3 Å². The zero-order valence-electron chi connectivity index (χ0n) is 14.5. The van der Waals surface area contributed by atoms with E-state index in [0.717, 1.165) is 0 Å².